The van der Waals surface area contributed by atoms with E-state index >= 15 is 0 Å². The first-order chi connectivity index (χ1) is 15.6. The lowest BCUT2D eigenvalue weighted by Gasteiger charge is -2.09. The van der Waals surface area contributed by atoms with Crippen molar-refractivity contribution < 1.29 is 23.0 Å². The number of hydrogen-bond donors (Lipinski definition) is 1. The number of aromatic nitrogens is 2. The van der Waals surface area contributed by atoms with Crippen LogP contribution in [0.15, 0.2) is 72.8 Å². The van der Waals surface area contributed by atoms with Gasteiger partial charge in [-0.1, -0.05) is 6.07 Å². The average molecular weight is 433 g/mol. The van der Waals surface area contributed by atoms with Crippen LogP contribution in [0, 0.1) is 11.6 Å². The van der Waals surface area contributed by atoms with Gasteiger partial charge in [0.15, 0.2) is 11.5 Å². The number of benzene rings is 3. The topological polar surface area (TPSA) is 65.4 Å². The maximum Gasteiger partial charge on any atom is 0.270 e. The fraction of sp³-hybridized carbons (Fsp3) is 0.0833. The Balaban J connectivity index is 1.44. The summed E-state index contributed by atoms with van der Waals surface area (Å²) < 4.78 is 38.8. The van der Waals surface area contributed by atoms with Gasteiger partial charge in [0.05, 0.1) is 11.4 Å². The first-order valence-corrected chi connectivity index (χ1v) is 9.85. The highest BCUT2D eigenvalue weighted by atomic mass is 19.1. The number of carbonyl (C=O) groups is 1. The Kier molecular flexibility index (Phi) is 5.03. The minimum atomic E-state index is -0.395. The summed E-state index contributed by atoms with van der Waals surface area (Å²) in [6.45, 7) is 0.435. The lowest BCUT2D eigenvalue weighted by molar-refractivity contribution is 0.0943. The molecule has 0 saturated carbocycles. The van der Waals surface area contributed by atoms with Crippen LogP contribution >= 0.6 is 0 Å². The molecule has 8 heteroatoms. The monoisotopic (exact) mass is 433 g/mol. The summed E-state index contributed by atoms with van der Waals surface area (Å²) in [6.07, 6.45) is 0. The van der Waals surface area contributed by atoms with Gasteiger partial charge in [-0.15, -0.1) is 0 Å². The third-order valence-corrected chi connectivity index (χ3v) is 5.04. The third-order valence-electron chi connectivity index (χ3n) is 5.04. The van der Waals surface area contributed by atoms with Gasteiger partial charge in [0.1, 0.15) is 17.3 Å². The molecule has 0 bridgehead atoms. The summed E-state index contributed by atoms with van der Waals surface area (Å²) in [4.78, 5) is 13.0. The van der Waals surface area contributed by atoms with Crippen molar-refractivity contribution in [1.29, 1.82) is 0 Å². The predicted molar refractivity (Wildman–Crippen MR) is 113 cm³/mol. The van der Waals surface area contributed by atoms with Crippen molar-refractivity contribution in [3.63, 3.8) is 0 Å². The van der Waals surface area contributed by atoms with E-state index in [0.29, 0.717) is 28.4 Å². The van der Waals surface area contributed by atoms with Crippen LogP contribution in [-0.2, 0) is 6.54 Å². The van der Waals surface area contributed by atoms with E-state index in [1.807, 2.05) is 12.1 Å². The van der Waals surface area contributed by atoms with Gasteiger partial charge >= 0.3 is 0 Å². The van der Waals surface area contributed by atoms with Crippen LogP contribution in [0.1, 0.15) is 16.1 Å². The summed E-state index contributed by atoms with van der Waals surface area (Å²) in [5.74, 6) is 0.167. The Hall–Kier alpha value is -4.20. The fourth-order valence-electron chi connectivity index (χ4n) is 3.41. The quantitative estimate of drug-likeness (QED) is 0.504. The molecule has 32 heavy (non-hydrogen) atoms. The first-order valence-electron chi connectivity index (χ1n) is 9.85. The standard InChI is InChI=1S/C24H17F2N3O3/c25-17-4-2-16(3-5-17)20-12-21(29(28-20)19-8-6-18(26)7-9-19)24(30)27-13-15-1-10-22-23(11-15)32-14-31-22/h1-12H,13-14H2,(H,27,30). The summed E-state index contributed by atoms with van der Waals surface area (Å²) in [5.41, 5.74) is 2.76. The average Bonchev–Trinajstić information content (AvgIpc) is 3.45. The maximum atomic E-state index is 13.4. The number of hydrogen-bond acceptors (Lipinski definition) is 4. The minimum absolute atomic E-state index is 0.175. The Morgan fingerprint density at radius 3 is 2.34 bits per heavy atom. The highest BCUT2D eigenvalue weighted by molar-refractivity contribution is 5.94. The van der Waals surface area contributed by atoms with Crippen LogP contribution < -0.4 is 14.8 Å². The van der Waals surface area contributed by atoms with E-state index in [2.05, 4.69) is 10.4 Å². The molecule has 1 aliphatic rings. The van der Waals surface area contributed by atoms with Crippen LogP contribution in [0.2, 0.25) is 0 Å². The maximum absolute atomic E-state index is 13.4. The zero-order valence-electron chi connectivity index (χ0n) is 16.7. The Bertz CT molecular complexity index is 1290. The number of fused-ring (bicyclic) bond motifs is 1. The van der Waals surface area contributed by atoms with Crippen LogP contribution in [0.25, 0.3) is 16.9 Å². The molecule has 0 atom stereocenters. The smallest absolute Gasteiger partial charge is 0.270 e. The number of amides is 1. The van der Waals surface area contributed by atoms with Crippen molar-refractivity contribution >= 4 is 5.91 Å². The number of nitrogens with one attached hydrogen (secondary N) is 1. The second-order valence-electron chi connectivity index (χ2n) is 7.18. The molecule has 160 valence electrons. The second-order valence-corrected chi connectivity index (χ2v) is 7.18. The Morgan fingerprint density at radius 2 is 1.59 bits per heavy atom. The van der Waals surface area contributed by atoms with Gasteiger partial charge in [-0.05, 0) is 72.3 Å². The number of nitrogens with zero attached hydrogens (tertiary/aromatic N) is 2. The third kappa shape index (κ3) is 3.90. The molecule has 1 aliphatic heterocycles. The zero-order valence-corrected chi connectivity index (χ0v) is 16.7. The fourth-order valence-corrected chi connectivity index (χ4v) is 3.41. The van der Waals surface area contributed by atoms with Crippen molar-refractivity contribution in [2.24, 2.45) is 0 Å². The molecule has 0 unspecified atom stereocenters. The van der Waals surface area contributed by atoms with Crippen molar-refractivity contribution in [3.8, 4) is 28.4 Å². The molecule has 0 radical (unpaired) electrons. The van der Waals surface area contributed by atoms with E-state index in [9.17, 15) is 13.6 Å². The molecular weight excluding hydrogens is 416 g/mol. The highest BCUT2D eigenvalue weighted by Crippen LogP contribution is 2.32. The minimum Gasteiger partial charge on any atom is -0.454 e. The van der Waals surface area contributed by atoms with Crippen LogP contribution in [0.5, 0.6) is 11.5 Å². The van der Waals surface area contributed by atoms with Crippen molar-refractivity contribution in [2.45, 2.75) is 6.54 Å². The molecule has 0 saturated heterocycles. The van der Waals surface area contributed by atoms with Crippen molar-refractivity contribution in [2.75, 3.05) is 6.79 Å². The zero-order chi connectivity index (χ0) is 22.1. The van der Waals surface area contributed by atoms with Gasteiger partial charge in [0.2, 0.25) is 6.79 Å². The Morgan fingerprint density at radius 1 is 0.906 bits per heavy atom. The lowest BCUT2D eigenvalue weighted by atomic mass is 10.1. The van der Waals surface area contributed by atoms with E-state index in [1.165, 1.54) is 41.1 Å². The number of carbonyl (C=O) groups excluding carboxylic acids is 1. The number of rotatable bonds is 5. The van der Waals surface area contributed by atoms with E-state index < -0.39 is 5.82 Å². The van der Waals surface area contributed by atoms with Gasteiger partial charge in [0.25, 0.3) is 5.91 Å². The van der Waals surface area contributed by atoms with Gasteiger partial charge in [0, 0.05) is 12.1 Å². The number of ether oxygens (including phenoxy) is 2. The number of halogens is 2. The SMILES string of the molecule is O=C(NCc1ccc2c(c1)OCO2)c1cc(-c2ccc(F)cc2)nn1-c1ccc(F)cc1. The van der Waals surface area contributed by atoms with Gasteiger partial charge in [-0.25, -0.2) is 13.5 Å². The molecule has 0 fully saturated rings. The largest absolute Gasteiger partial charge is 0.454 e. The lowest BCUT2D eigenvalue weighted by Crippen LogP contribution is -2.25. The molecule has 4 aromatic rings. The van der Waals surface area contributed by atoms with Gasteiger partial charge in [-0.3, -0.25) is 4.79 Å². The molecule has 2 heterocycles. The highest BCUT2D eigenvalue weighted by Gasteiger charge is 2.19. The van der Waals surface area contributed by atoms with E-state index in [1.54, 1.807) is 24.3 Å². The molecule has 1 N–H and O–H groups in total. The van der Waals surface area contributed by atoms with Crippen molar-refractivity contribution in [3.05, 3.63) is 95.7 Å². The van der Waals surface area contributed by atoms with Gasteiger partial charge in [-0.2, -0.15) is 5.10 Å². The van der Waals surface area contributed by atoms with Crippen LogP contribution in [0.4, 0.5) is 8.78 Å². The normalized spacial score (nSPS) is 12.1. The van der Waals surface area contributed by atoms with Crippen molar-refractivity contribution in [1.82, 2.24) is 15.1 Å². The molecule has 5 rings (SSSR count). The summed E-state index contributed by atoms with van der Waals surface area (Å²) in [6, 6.07) is 18.5. The molecule has 0 aliphatic carbocycles. The molecule has 6 nitrogen and oxygen atoms in total. The Labute approximate surface area is 182 Å². The summed E-state index contributed by atoms with van der Waals surface area (Å²) >= 11 is 0. The predicted octanol–water partition coefficient (Wildman–Crippen LogP) is 4.48. The van der Waals surface area contributed by atoms with E-state index in [-0.39, 0.29) is 30.8 Å². The van der Waals surface area contributed by atoms with Gasteiger partial charge < -0.3 is 14.8 Å². The van der Waals surface area contributed by atoms with E-state index in [4.69, 9.17) is 9.47 Å². The molecule has 1 amide bonds. The summed E-state index contributed by atoms with van der Waals surface area (Å²) in [7, 11) is 0. The summed E-state index contributed by atoms with van der Waals surface area (Å²) in [5, 5.41) is 7.38. The van der Waals surface area contributed by atoms with Crippen LogP contribution in [0.3, 0.4) is 0 Å². The first kappa shape index (κ1) is 19.7. The second kappa shape index (κ2) is 8.14. The molecule has 0 spiro atoms. The molecular formula is C24H17F2N3O3. The molecule has 3 aromatic carbocycles. The van der Waals surface area contributed by atoms with Crippen LogP contribution in [-0.4, -0.2) is 22.5 Å². The molecule has 1 aromatic heterocycles. The van der Waals surface area contributed by atoms with E-state index in [0.717, 1.165) is 5.56 Å².